The molecule has 2 heterocycles. The molecule has 0 saturated carbocycles. The maximum atomic E-state index is 14.3. The zero-order chi connectivity index (χ0) is 24.2. The van der Waals surface area contributed by atoms with Crippen molar-refractivity contribution in [1.29, 1.82) is 5.26 Å². The van der Waals surface area contributed by atoms with Gasteiger partial charge in [-0.15, -0.1) is 0 Å². The molecule has 1 N–H and O–H groups in total. The highest BCUT2D eigenvalue weighted by molar-refractivity contribution is 6.31. The van der Waals surface area contributed by atoms with Crippen LogP contribution >= 0.6 is 11.6 Å². The van der Waals surface area contributed by atoms with Gasteiger partial charge >= 0.3 is 0 Å². The Morgan fingerprint density at radius 3 is 2.74 bits per heavy atom. The van der Waals surface area contributed by atoms with E-state index in [4.69, 9.17) is 16.3 Å². The lowest BCUT2D eigenvalue weighted by Crippen LogP contribution is -2.20. The van der Waals surface area contributed by atoms with Gasteiger partial charge in [-0.05, 0) is 55.0 Å². The van der Waals surface area contributed by atoms with Crippen molar-refractivity contribution in [3.63, 3.8) is 0 Å². The molecular weight excluding hydrogens is 459 g/mol. The van der Waals surface area contributed by atoms with Crippen molar-refractivity contribution in [1.82, 2.24) is 9.38 Å². The third kappa shape index (κ3) is 4.65. The van der Waals surface area contributed by atoms with Crippen LogP contribution in [0.4, 0.5) is 10.1 Å². The molecule has 0 aliphatic carbocycles. The zero-order valence-corrected chi connectivity index (χ0v) is 18.5. The molecule has 0 bridgehead atoms. The molecule has 0 spiro atoms. The first-order valence-corrected chi connectivity index (χ1v) is 10.4. The number of hydrogen-bond donors (Lipinski definition) is 1. The second-order valence-corrected chi connectivity index (χ2v) is 7.62. The van der Waals surface area contributed by atoms with Gasteiger partial charge in [0.1, 0.15) is 22.9 Å². The highest BCUT2D eigenvalue weighted by Gasteiger charge is 2.19. The number of ether oxygens (including phenoxy) is 1. The molecule has 0 fully saturated rings. The monoisotopic (exact) mass is 474 g/mol. The molecule has 2 aromatic carbocycles. The molecule has 4 rings (SSSR count). The van der Waals surface area contributed by atoms with Gasteiger partial charge in [-0.3, -0.25) is 14.0 Å². The van der Waals surface area contributed by atoms with Crippen LogP contribution < -0.4 is 15.6 Å². The van der Waals surface area contributed by atoms with E-state index in [9.17, 15) is 19.2 Å². The number of carbonyl (C=O) groups excluding carboxylic acids is 1. The van der Waals surface area contributed by atoms with Gasteiger partial charge < -0.3 is 10.1 Å². The molecule has 9 heteroatoms. The van der Waals surface area contributed by atoms with E-state index in [1.165, 1.54) is 34.9 Å². The molecule has 0 aliphatic rings. The molecule has 4 aromatic rings. The molecule has 0 aliphatic heterocycles. The molecule has 0 atom stereocenters. The zero-order valence-electron chi connectivity index (χ0n) is 17.8. The second-order valence-electron chi connectivity index (χ2n) is 7.19. The van der Waals surface area contributed by atoms with Gasteiger partial charge in [-0.25, -0.2) is 4.39 Å². The van der Waals surface area contributed by atoms with Crippen molar-refractivity contribution in [3.8, 4) is 17.7 Å². The Labute approximate surface area is 198 Å². The van der Waals surface area contributed by atoms with Crippen LogP contribution in [0.15, 0.2) is 77.2 Å². The van der Waals surface area contributed by atoms with E-state index in [2.05, 4.69) is 10.3 Å². The predicted octanol–water partition coefficient (Wildman–Crippen LogP) is 5.13. The van der Waals surface area contributed by atoms with Crippen molar-refractivity contribution >= 4 is 34.9 Å². The number of pyridine rings is 1. The number of nitrogens with one attached hydrogen (secondary N) is 1. The highest BCUT2D eigenvalue weighted by Crippen LogP contribution is 2.27. The van der Waals surface area contributed by atoms with E-state index < -0.39 is 17.3 Å². The third-order valence-electron chi connectivity index (χ3n) is 4.83. The molecule has 0 saturated heterocycles. The van der Waals surface area contributed by atoms with Crippen molar-refractivity contribution in [3.05, 3.63) is 105 Å². The van der Waals surface area contributed by atoms with Crippen molar-refractivity contribution < 1.29 is 13.9 Å². The van der Waals surface area contributed by atoms with Crippen molar-refractivity contribution in [2.75, 3.05) is 5.32 Å². The molecule has 0 radical (unpaired) electrons. The number of para-hydroxylation sites is 1. The Bertz CT molecular complexity index is 1560. The van der Waals surface area contributed by atoms with E-state index in [0.717, 1.165) is 6.08 Å². The van der Waals surface area contributed by atoms with Gasteiger partial charge in [0.15, 0.2) is 11.6 Å². The average molecular weight is 475 g/mol. The summed E-state index contributed by atoms with van der Waals surface area (Å²) in [5, 5.41) is 12.6. The molecular formula is C25H16ClFN4O3. The number of nitriles is 1. The lowest BCUT2D eigenvalue weighted by Gasteiger charge is -2.12. The topological polar surface area (TPSA) is 96.5 Å². The summed E-state index contributed by atoms with van der Waals surface area (Å²) < 4.78 is 21.2. The van der Waals surface area contributed by atoms with Gasteiger partial charge in [0.05, 0.1) is 0 Å². The first-order chi connectivity index (χ1) is 16.4. The normalized spacial score (nSPS) is 11.2. The Kier molecular flexibility index (Phi) is 6.39. The van der Waals surface area contributed by atoms with E-state index in [1.54, 1.807) is 49.4 Å². The summed E-state index contributed by atoms with van der Waals surface area (Å²) >= 11 is 5.94. The number of fused-ring (bicyclic) bond motifs is 1. The quantitative estimate of drug-likeness (QED) is 0.319. The minimum Gasteiger partial charge on any atom is -0.435 e. The van der Waals surface area contributed by atoms with E-state index in [-0.39, 0.29) is 28.4 Å². The number of carbonyl (C=O) groups is 1. The summed E-state index contributed by atoms with van der Waals surface area (Å²) in [4.78, 5) is 30.4. The van der Waals surface area contributed by atoms with E-state index in [1.807, 2.05) is 0 Å². The SMILES string of the molecule is Cc1cccn2c(=O)c(/C=C(/C#N)C(=O)Nc3cccc(Cl)c3)c(Oc3ccccc3F)nc12. The van der Waals surface area contributed by atoms with E-state index >= 15 is 0 Å². The number of aryl methyl sites for hydroxylation is 1. The van der Waals surface area contributed by atoms with Gasteiger partial charge in [0.25, 0.3) is 11.5 Å². The molecule has 1 amide bonds. The van der Waals surface area contributed by atoms with Crippen LogP contribution in [0.1, 0.15) is 11.1 Å². The van der Waals surface area contributed by atoms with Gasteiger partial charge in [0.2, 0.25) is 5.88 Å². The highest BCUT2D eigenvalue weighted by atomic mass is 35.5. The number of hydrogen-bond acceptors (Lipinski definition) is 5. The maximum Gasteiger partial charge on any atom is 0.269 e. The van der Waals surface area contributed by atoms with Gasteiger partial charge in [0, 0.05) is 16.9 Å². The molecule has 2 aromatic heterocycles. The lowest BCUT2D eigenvalue weighted by atomic mass is 10.1. The average Bonchev–Trinajstić information content (AvgIpc) is 2.81. The summed E-state index contributed by atoms with van der Waals surface area (Å²) in [5.74, 6) is -1.84. The van der Waals surface area contributed by atoms with Crippen LogP contribution in [-0.2, 0) is 4.79 Å². The van der Waals surface area contributed by atoms with Crippen LogP contribution in [-0.4, -0.2) is 15.3 Å². The summed E-state index contributed by atoms with van der Waals surface area (Å²) in [6, 6.07) is 17.2. The number of anilines is 1. The van der Waals surface area contributed by atoms with Crippen LogP contribution in [0.25, 0.3) is 11.7 Å². The number of aromatic nitrogens is 2. The standard InChI is InChI=1S/C25H16ClFN4O3/c1-15-6-5-11-31-22(15)30-24(34-21-10-3-2-9-20(21)27)19(25(31)33)12-16(14-28)23(32)29-18-8-4-7-17(26)13-18/h2-13H,1H3,(H,29,32)/b16-12-. The lowest BCUT2D eigenvalue weighted by molar-refractivity contribution is -0.112. The predicted molar refractivity (Wildman–Crippen MR) is 126 cm³/mol. The minimum absolute atomic E-state index is 0.163. The van der Waals surface area contributed by atoms with Crippen molar-refractivity contribution in [2.24, 2.45) is 0 Å². The fourth-order valence-corrected chi connectivity index (χ4v) is 3.37. The summed E-state index contributed by atoms with van der Waals surface area (Å²) in [7, 11) is 0. The Hall–Kier alpha value is -4.48. The summed E-state index contributed by atoms with van der Waals surface area (Å²) in [6.07, 6.45) is 2.57. The van der Waals surface area contributed by atoms with Gasteiger partial charge in [-0.1, -0.05) is 35.9 Å². The van der Waals surface area contributed by atoms with Crippen LogP contribution in [0.5, 0.6) is 11.6 Å². The number of amides is 1. The van der Waals surface area contributed by atoms with Crippen molar-refractivity contribution in [2.45, 2.75) is 6.92 Å². The Balaban J connectivity index is 1.85. The summed E-state index contributed by atoms with van der Waals surface area (Å²) in [6.45, 7) is 1.75. The fourth-order valence-electron chi connectivity index (χ4n) is 3.18. The molecule has 0 unspecified atom stereocenters. The van der Waals surface area contributed by atoms with Crippen LogP contribution in [0.2, 0.25) is 5.02 Å². The molecule has 7 nitrogen and oxygen atoms in total. The Morgan fingerprint density at radius 2 is 2.00 bits per heavy atom. The fraction of sp³-hybridized carbons (Fsp3) is 0.0400. The first-order valence-electron chi connectivity index (χ1n) is 10.0. The number of halogens is 2. The number of nitrogens with zero attached hydrogens (tertiary/aromatic N) is 3. The first kappa shape index (κ1) is 22.7. The number of rotatable bonds is 5. The van der Waals surface area contributed by atoms with Crippen LogP contribution in [0, 0.1) is 24.1 Å². The largest absolute Gasteiger partial charge is 0.435 e. The van der Waals surface area contributed by atoms with E-state index in [0.29, 0.717) is 16.3 Å². The van der Waals surface area contributed by atoms with Gasteiger partial charge in [-0.2, -0.15) is 10.2 Å². The minimum atomic E-state index is -0.768. The van der Waals surface area contributed by atoms with Crippen LogP contribution in [0.3, 0.4) is 0 Å². The smallest absolute Gasteiger partial charge is 0.269 e. The molecule has 34 heavy (non-hydrogen) atoms. The second kappa shape index (κ2) is 9.57. The Morgan fingerprint density at radius 1 is 1.21 bits per heavy atom. The summed E-state index contributed by atoms with van der Waals surface area (Å²) in [5.41, 5.74) is 0.161. The molecule has 168 valence electrons. The number of benzene rings is 2. The maximum absolute atomic E-state index is 14.3. The third-order valence-corrected chi connectivity index (χ3v) is 5.06.